The Morgan fingerprint density at radius 3 is 2.52 bits per heavy atom. The molecule has 1 aliphatic heterocycles. The van der Waals surface area contributed by atoms with Crippen LogP contribution in [-0.2, 0) is 10.0 Å². The van der Waals surface area contributed by atoms with Crippen LogP contribution in [0.2, 0.25) is 0 Å². The van der Waals surface area contributed by atoms with E-state index >= 15 is 0 Å². The summed E-state index contributed by atoms with van der Waals surface area (Å²) in [7, 11) is -3.96. The molecule has 29 heavy (non-hydrogen) atoms. The van der Waals surface area contributed by atoms with Crippen molar-refractivity contribution in [3.05, 3.63) is 69.9 Å². The maximum atomic E-state index is 13.3. The molecule has 1 aliphatic rings. The molecule has 0 radical (unpaired) electrons. The molecular formula is C17H11F3N4O3S2. The van der Waals surface area contributed by atoms with Gasteiger partial charge in [-0.05, 0) is 18.2 Å². The summed E-state index contributed by atoms with van der Waals surface area (Å²) in [6.07, 6.45) is 0.789. The summed E-state index contributed by atoms with van der Waals surface area (Å²) in [6.45, 7) is 0. The van der Waals surface area contributed by atoms with Gasteiger partial charge in [0.2, 0.25) is 10.0 Å². The fourth-order valence-electron chi connectivity index (χ4n) is 2.73. The van der Waals surface area contributed by atoms with E-state index in [2.05, 4.69) is 20.3 Å². The summed E-state index contributed by atoms with van der Waals surface area (Å²) in [6, 6.07) is 5.10. The SMILES string of the molecule is O=C(Nc1cc(F)c(F)c(F)c1)c1ccc2c(c1)S(=O)(=O)NC(c1nccs1)N2. The van der Waals surface area contributed by atoms with E-state index in [1.807, 2.05) is 0 Å². The van der Waals surface area contributed by atoms with Gasteiger partial charge >= 0.3 is 0 Å². The minimum absolute atomic E-state index is 0.0752. The Morgan fingerprint density at radius 2 is 1.86 bits per heavy atom. The van der Waals surface area contributed by atoms with E-state index in [0.29, 0.717) is 17.1 Å². The lowest BCUT2D eigenvalue weighted by molar-refractivity contribution is 0.102. The van der Waals surface area contributed by atoms with Gasteiger partial charge in [0.1, 0.15) is 16.1 Å². The number of carbonyl (C=O) groups excluding carboxylic acids is 1. The molecule has 1 amide bonds. The Labute approximate surface area is 166 Å². The number of hydrogen-bond acceptors (Lipinski definition) is 6. The molecule has 0 spiro atoms. The van der Waals surface area contributed by atoms with Crippen LogP contribution in [0, 0.1) is 17.5 Å². The van der Waals surface area contributed by atoms with Crippen molar-refractivity contribution in [2.75, 3.05) is 10.6 Å². The number of fused-ring (bicyclic) bond motifs is 1. The van der Waals surface area contributed by atoms with E-state index < -0.39 is 39.5 Å². The molecule has 1 atom stereocenters. The highest BCUT2D eigenvalue weighted by Gasteiger charge is 2.32. The fraction of sp³-hybridized carbons (Fsp3) is 0.0588. The number of halogens is 3. The molecule has 1 aromatic heterocycles. The first-order valence-corrected chi connectivity index (χ1v) is 10.4. The number of hydrogen-bond donors (Lipinski definition) is 3. The molecule has 12 heteroatoms. The van der Waals surface area contributed by atoms with E-state index in [-0.39, 0.29) is 21.8 Å². The zero-order valence-electron chi connectivity index (χ0n) is 14.2. The monoisotopic (exact) mass is 440 g/mol. The summed E-state index contributed by atoms with van der Waals surface area (Å²) in [5.41, 5.74) is -0.125. The van der Waals surface area contributed by atoms with E-state index in [1.165, 1.54) is 23.5 Å². The van der Waals surface area contributed by atoms with Crippen molar-refractivity contribution in [3.8, 4) is 0 Å². The number of benzene rings is 2. The Hall–Kier alpha value is -2.96. The highest BCUT2D eigenvalue weighted by atomic mass is 32.2. The van der Waals surface area contributed by atoms with Gasteiger partial charge in [0, 0.05) is 35.0 Å². The molecule has 0 saturated carbocycles. The van der Waals surface area contributed by atoms with Crippen molar-refractivity contribution in [3.63, 3.8) is 0 Å². The zero-order chi connectivity index (χ0) is 20.8. The number of aromatic nitrogens is 1. The molecule has 3 aromatic rings. The van der Waals surface area contributed by atoms with Gasteiger partial charge in [-0.3, -0.25) is 4.79 Å². The van der Waals surface area contributed by atoms with Crippen molar-refractivity contribution < 1.29 is 26.4 Å². The lowest BCUT2D eigenvalue weighted by Crippen LogP contribution is -2.38. The van der Waals surface area contributed by atoms with Gasteiger partial charge in [-0.1, -0.05) is 0 Å². The number of thiazole rings is 1. The van der Waals surface area contributed by atoms with Crippen molar-refractivity contribution in [1.29, 1.82) is 0 Å². The van der Waals surface area contributed by atoms with Crippen LogP contribution in [0.1, 0.15) is 21.5 Å². The zero-order valence-corrected chi connectivity index (χ0v) is 15.9. The third-order valence-electron chi connectivity index (χ3n) is 4.05. The highest BCUT2D eigenvalue weighted by molar-refractivity contribution is 7.89. The largest absolute Gasteiger partial charge is 0.362 e. The van der Waals surface area contributed by atoms with Crippen molar-refractivity contribution in [2.45, 2.75) is 11.1 Å². The van der Waals surface area contributed by atoms with Gasteiger partial charge in [-0.25, -0.2) is 26.6 Å². The first kappa shape index (κ1) is 19.4. The molecule has 3 N–H and O–H groups in total. The fourth-order valence-corrected chi connectivity index (χ4v) is 4.75. The average Bonchev–Trinajstić information content (AvgIpc) is 3.20. The first-order chi connectivity index (χ1) is 13.7. The van der Waals surface area contributed by atoms with E-state index in [9.17, 15) is 26.4 Å². The number of nitrogens with one attached hydrogen (secondary N) is 3. The van der Waals surface area contributed by atoms with E-state index in [4.69, 9.17) is 0 Å². The number of rotatable bonds is 3. The third-order valence-corrected chi connectivity index (χ3v) is 6.35. The first-order valence-electron chi connectivity index (χ1n) is 8.03. The molecule has 150 valence electrons. The maximum absolute atomic E-state index is 13.3. The van der Waals surface area contributed by atoms with Crippen LogP contribution in [0.3, 0.4) is 0 Å². The summed E-state index contributed by atoms with van der Waals surface area (Å²) in [4.78, 5) is 16.3. The van der Waals surface area contributed by atoms with Crippen molar-refractivity contribution in [2.24, 2.45) is 0 Å². The Morgan fingerprint density at radius 1 is 1.14 bits per heavy atom. The van der Waals surface area contributed by atoms with E-state index in [1.54, 1.807) is 11.6 Å². The molecule has 4 rings (SSSR count). The van der Waals surface area contributed by atoms with Crippen molar-refractivity contribution in [1.82, 2.24) is 9.71 Å². The van der Waals surface area contributed by atoms with E-state index in [0.717, 1.165) is 6.07 Å². The smallest absolute Gasteiger partial charge is 0.255 e. The van der Waals surface area contributed by atoms with Crippen molar-refractivity contribution >= 4 is 38.6 Å². The number of nitrogens with zero attached hydrogens (tertiary/aromatic N) is 1. The van der Waals surface area contributed by atoms with Gasteiger partial charge in [0.25, 0.3) is 5.91 Å². The van der Waals surface area contributed by atoms with Gasteiger partial charge in [0.05, 0.1) is 5.69 Å². The van der Waals surface area contributed by atoms with Gasteiger partial charge in [-0.15, -0.1) is 11.3 Å². The number of carbonyl (C=O) groups is 1. The predicted molar refractivity (Wildman–Crippen MR) is 99.5 cm³/mol. The molecule has 0 saturated heterocycles. The van der Waals surface area contributed by atoms with Crippen LogP contribution >= 0.6 is 11.3 Å². The van der Waals surface area contributed by atoms with Crippen LogP contribution in [0.5, 0.6) is 0 Å². The van der Waals surface area contributed by atoms with Crippen LogP contribution in [-0.4, -0.2) is 19.3 Å². The quantitative estimate of drug-likeness (QED) is 0.543. The standard InChI is InChI=1S/C17H11F3N4O3S2/c18-10-6-9(7-11(19)14(10)20)22-16(25)8-1-2-12-13(5-8)29(26,27)24-15(23-12)17-21-3-4-28-17/h1-7,15,23-24H,(H,22,25). The molecule has 0 bridgehead atoms. The van der Waals surface area contributed by atoms with Gasteiger partial charge in [-0.2, -0.15) is 4.72 Å². The molecule has 7 nitrogen and oxygen atoms in total. The lowest BCUT2D eigenvalue weighted by Gasteiger charge is -2.26. The predicted octanol–water partition coefficient (Wildman–Crippen LogP) is 3.22. The Balaban J connectivity index is 1.62. The molecule has 0 aliphatic carbocycles. The summed E-state index contributed by atoms with van der Waals surface area (Å²) in [5, 5.41) is 7.40. The molecular weight excluding hydrogens is 429 g/mol. The molecule has 1 unspecified atom stereocenters. The maximum Gasteiger partial charge on any atom is 0.255 e. The summed E-state index contributed by atoms with van der Waals surface area (Å²) < 4.78 is 67.3. The number of sulfonamides is 1. The second-order valence-electron chi connectivity index (χ2n) is 5.99. The number of anilines is 2. The minimum atomic E-state index is -3.96. The minimum Gasteiger partial charge on any atom is -0.362 e. The van der Waals surface area contributed by atoms with Crippen LogP contribution in [0.25, 0.3) is 0 Å². The molecule has 2 aromatic carbocycles. The second-order valence-corrected chi connectivity index (χ2v) is 8.60. The topological polar surface area (TPSA) is 100 Å². The molecule has 0 fully saturated rings. The van der Waals surface area contributed by atoms with Gasteiger partial charge in [0.15, 0.2) is 17.5 Å². The van der Waals surface area contributed by atoms with Gasteiger partial charge < -0.3 is 10.6 Å². The van der Waals surface area contributed by atoms with Crippen LogP contribution in [0.4, 0.5) is 24.5 Å². The summed E-state index contributed by atoms with van der Waals surface area (Å²) in [5.74, 6) is -5.41. The van der Waals surface area contributed by atoms with Crippen LogP contribution in [0.15, 0.2) is 46.8 Å². The molecule has 2 heterocycles. The summed E-state index contributed by atoms with van der Waals surface area (Å²) >= 11 is 1.26. The Kier molecular flexibility index (Phi) is 4.76. The highest BCUT2D eigenvalue weighted by Crippen LogP contribution is 2.32. The normalized spacial score (nSPS) is 17.3. The van der Waals surface area contributed by atoms with Crippen LogP contribution < -0.4 is 15.4 Å². The average molecular weight is 440 g/mol. The lowest BCUT2D eigenvalue weighted by atomic mass is 10.1. The Bertz CT molecular complexity index is 1190. The third kappa shape index (κ3) is 3.69. The second kappa shape index (κ2) is 7.13. The number of amides is 1.